The second-order valence-electron chi connectivity index (χ2n) is 5.14. The normalized spacial score (nSPS) is 11.4. The van der Waals surface area contributed by atoms with E-state index in [-0.39, 0.29) is 16.2 Å². The highest BCUT2D eigenvalue weighted by Gasteiger charge is 2.18. The molecule has 2 heterocycles. The van der Waals surface area contributed by atoms with Crippen LogP contribution in [0.25, 0.3) is 16.9 Å². The molecule has 0 radical (unpaired) electrons. The molecule has 7 nitrogen and oxygen atoms in total. The average Bonchev–Trinajstić information content (AvgIpc) is 3.00. The lowest BCUT2D eigenvalue weighted by atomic mass is 10.1. The summed E-state index contributed by atoms with van der Waals surface area (Å²) in [7, 11) is -3.31. The van der Waals surface area contributed by atoms with Crippen LogP contribution in [0.15, 0.2) is 59.9 Å². The Balaban J connectivity index is 2.10. The minimum Gasteiger partial charge on any atom is -0.478 e. The van der Waals surface area contributed by atoms with Gasteiger partial charge in [0.05, 0.1) is 10.6 Å². The van der Waals surface area contributed by atoms with E-state index < -0.39 is 15.8 Å². The van der Waals surface area contributed by atoms with Crippen LogP contribution >= 0.6 is 0 Å². The van der Waals surface area contributed by atoms with Gasteiger partial charge in [-0.3, -0.25) is 4.98 Å². The predicted octanol–water partition coefficient (Wildman–Crippen LogP) is 2.04. The second-order valence-corrected chi connectivity index (χ2v) is 7.16. The molecule has 0 amide bonds. The molecular formula is C16H13N3O4S. The maximum Gasteiger partial charge on any atom is 0.339 e. The first-order valence-electron chi connectivity index (χ1n) is 6.90. The maximum absolute atomic E-state index is 11.5. The molecule has 0 unspecified atom stereocenters. The molecule has 0 aliphatic rings. The number of rotatable bonds is 4. The smallest absolute Gasteiger partial charge is 0.339 e. The molecule has 8 heteroatoms. The molecule has 24 heavy (non-hydrogen) atoms. The lowest BCUT2D eigenvalue weighted by Crippen LogP contribution is -1.98. The van der Waals surface area contributed by atoms with Crippen molar-refractivity contribution >= 4 is 15.8 Å². The number of hydrogen-bond donors (Lipinski definition) is 1. The van der Waals surface area contributed by atoms with E-state index in [1.807, 2.05) is 0 Å². The van der Waals surface area contributed by atoms with Gasteiger partial charge in [0.2, 0.25) is 0 Å². The Morgan fingerprint density at radius 1 is 1.08 bits per heavy atom. The summed E-state index contributed by atoms with van der Waals surface area (Å²) >= 11 is 0. The molecule has 0 atom stereocenters. The Kier molecular flexibility index (Phi) is 3.90. The van der Waals surface area contributed by atoms with Crippen molar-refractivity contribution in [3.05, 3.63) is 60.6 Å². The van der Waals surface area contributed by atoms with Gasteiger partial charge in [-0.1, -0.05) is 12.1 Å². The van der Waals surface area contributed by atoms with Crippen LogP contribution < -0.4 is 0 Å². The van der Waals surface area contributed by atoms with Crippen LogP contribution in [0.2, 0.25) is 0 Å². The maximum atomic E-state index is 11.5. The molecule has 0 aliphatic heterocycles. The summed E-state index contributed by atoms with van der Waals surface area (Å²) in [5.41, 5.74) is 1.48. The lowest BCUT2D eigenvalue weighted by Gasteiger charge is -2.02. The zero-order chi connectivity index (χ0) is 17.3. The first kappa shape index (κ1) is 15.9. The van der Waals surface area contributed by atoms with Crippen molar-refractivity contribution in [2.75, 3.05) is 6.26 Å². The quantitative estimate of drug-likeness (QED) is 0.778. The van der Waals surface area contributed by atoms with Crippen LogP contribution in [-0.2, 0) is 9.84 Å². The standard InChI is InChI=1S/C16H13N3O4S/c1-24(22,23)13-4-2-11(3-5-13)15-14(16(20)21)10-19(18-15)12-6-8-17-9-7-12/h2-10H,1H3,(H,20,21). The summed E-state index contributed by atoms with van der Waals surface area (Å²) in [6, 6.07) is 9.36. The van der Waals surface area contributed by atoms with Crippen LogP contribution in [0.3, 0.4) is 0 Å². The molecule has 1 N–H and O–H groups in total. The van der Waals surface area contributed by atoms with Crippen molar-refractivity contribution in [2.45, 2.75) is 4.90 Å². The summed E-state index contributed by atoms with van der Waals surface area (Å²) in [5, 5.41) is 13.7. The molecule has 0 bridgehead atoms. The van der Waals surface area contributed by atoms with Crippen molar-refractivity contribution in [2.24, 2.45) is 0 Å². The van der Waals surface area contributed by atoms with Gasteiger partial charge in [0.15, 0.2) is 9.84 Å². The molecule has 2 aromatic heterocycles. The summed E-state index contributed by atoms with van der Waals surface area (Å²) in [6.07, 6.45) is 5.69. The van der Waals surface area contributed by atoms with E-state index >= 15 is 0 Å². The lowest BCUT2D eigenvalue weighted by molar-refractivity contribution is 0.0697. The van der Waals surface area contributed by atoms with E-state index in [0.29, 0.717) is 11.3 Å². The molecule has 122 valence electrons. The predicted molar refractivity (Wildman–Crippen MR) is 86.9 cm³/mol. The van der Waals surface area contributed by atoms with Gasteiger partial charge < -0.3 is 5.11 Å². The number of benzene rings is 1. The summed E-state index contributed by atoms with van der Waals surface area (Å²) in [6.45, 7) is 0. The van der Waals surface area contributed by atoms with Crippen LogP contribution in [-0.4, -0.2) is 40.5 Å². The molecule has 3 aromatic rings. The third kappa shape index (κ3) is 3.04. The minimum absolute atomic E-state index is 0.0268. The van der Waals surface area contributed by atoms with Crippen molar-refractivity contribution < 1.29 is 18.3 Å². The fraction of sp³-hybridized carbons (Fsp3) is 0.0625. The number of pyridine rings is 1. The van der Waals surface area contributed by atoms with E-state index in [1.165, 1.54) is 23.0 Å². The molecule has 1 aromatic carbocycles. The second kappa shape index (κ2) is 5.89. The van der Waals surface area contributed by atoms with Crippen molar-refractivity contribution in [1.29, 1.82) is 0 Å². The number of carboxylic acids is 1. The van der Waals surface area contributed by atoms with Gasteiger partial charge >= 0.3 is 5.97 Å². The van der Waals surface area contributed by atoms with E-state index in [2.05, 4.69) is 10.1 Å². The number of nitrogens with zero attached hydrogens (tertiary/aromatic N) is 3. The highest BCUT2D eigenvalue weighted by Crippen LogP contribution is 2.25. The molecule has 0 fully saturated rings. The highest BCUT2D eigenvalue weighted by molar-refractivity contribution is 7.90. The average molecular weight is 343 g/mol. The van der Waals surface area contributed by atoms with E-state index in [4.69, 9.17) is 0 Å². The number of hydrogen-bond acceptors (Lipinski definition) is 5. The van der Waals surface area contributed by atoms with E-state index in [9.17, 15) is 18.3 Å². The largest absolute Gasteiger partial charge is 0.478 e. The Bertz CT molecular complexity index is 994. The summed E-state index contributed by atoms with van der Waals surface area (Å²) in [5.74, 6) is -1.11. The summed E-state index contributed by atoms with van der Waals surface area (Å²) < 4.78 is 24.5. The van der Waals surface area contributed by atoms with Gasteiger partial charge in [-0.2, -0.15) is 5.10 Å². The van der Waals surface area contributed by atoms with Gasteiger partial charge in [0.25, 0.3) is 0 Å². The van der Waals surface area contributed by atoms with Crippen molar-refractivity contribution in [1.82, 2.24) is 14.8 Å². The zero-order valence-corrected chi connectivity index (χ0v) is 13.4. The Labute approximate surface area is 138 Å². The molecule has 0 spiro atoms. The van der Waals surface area contributed by atoms with Gasteiger partial charge in [-0.15, -0.1) is 0 Å². The zero-order valence-electron chi connectivity index (χ0n) is 12.6. The third-order valence-corrected chi connectivity index (χ3v) is 4.56. The first-order chi connectivity index (χ1) is 11.4. The Morgan fingerprint density at radius 2 is 1.71 bits per heavy atom. The van der Waals surface area contributed by atoms with Gasteiger partial charge in [-0.25, -0.2) is 17.9 Å². The number of carboxylic acid groups (broad SMARTS) is 1. The van der Waals surface area contributed by atoms with Gasteiger partial charge in [0.1, 0.15) is 11.3 Å². The number of carbonyl (C=O) groups is 1. The van der Waals surface area contributed by atoms with E-state index in [0.717, 1.165) is 6.26 Å². The van der Waals surface area contributed by atoms with Crippen LogP contribution in [0, 0.1) is 0 Å². The molecule has 0 saturated heterocycles. The highest BCUT2D eigenvalue weighted by atomic mass is 32.2. The first-order valence-corrected chi connectivity index (χ1v) is 8.79. The molecule has 0 saturated carbocycles. The SMILES string of the molecule is CS(=O)(=O)c1ccc(-c2nn(-c3ccncc3)cc2C(=O)O)cc1. The fourth-order valence-corrected chi connectivity index (χ4v) is 2.86. The van der Waals surface area contributed by atoms with Crippen LogP contribution in [0.4, 0.5) is 0 Å². The van der Waals surface area contributed by atoms with Crippen molar-refractivity contribution in [3.63, 3.8) is 0 Å². The van der Waals surface area contributed by atoms with Crippen LogP contribution in [0.5, 0.6) is 0 Å². The third-order valence-electron chi connectivity index (χ3n) is 3.43. The number of aromatic carboxylic acids is 1. The fourth-order valence-electron chi connectivity index (χ4n) is 2.23. The Morgan fingerprint density at radius 3 is 2.25 bits per heavy atom. The molecular weight excluding hydrogens is 330 g/mol. The molecule has 0 aliphatic carbocycles. The molecule has 3 rings (SSSR count). The monoisotopic (exact) mass is 343 g/mol. The van der Waals surface area contributed by atoms with Gasteiger partial charge in [0, 0.05) is 30.4 Å². The van der Waals surface area contributed by atoms with Gasteiger partial charge in [-0.05, 0) is 24.3 Å². The topological polar surface area (TPSA) is 102 Å². The number of aromatic nitrogens is 3. The number of sulfone groups is 1. The van der Waals surface area contributed by atoms with Crippen molar-refractivity contribution in [3.8, 4) is 16.9 Å². The summed E-state index contributed by atoms with van der Waals surface area (Å²) in [4.78, 5) is 15.6. The Hall–Kier alpha value is -3.00. The minimum atomic E-state index is -3.31. The van der Waals surface area contributed by atoms with Crippen LogP contribution in [0.1, 0.15) is 10.4 Å². The van der Waals surface area contributed by atoms with E-state index in [1.54, 1.807) is 36.7 Å².